The lowest BCUT2D eigenvalue weighted by molar-refractivity contribution is -0.138. The highest BCUT2D eigenvalue weighted by molar-refractivity contribution is 5.79. The summed E-state index contributed by atoms with van der Waals surface area (Å²) in [6, 6.07) is 6.13. The number of ether oxygens (including phenoxy) is 1. The number of nitrogens with zero attached hydrogens (tertiary/aromatic N) is 4. The van der Waals surface area contributed by atoms with Gasteiger partial charge >= 0.3 is 6.18 Å². The van der Waals surface area contributed by atoms with Crippen LogP contribution in [0.4, 0.5) is 13.2 Å². The monoisotopic (exact) mass is 437 g/mol. The Morgan fingerprint density at radius 2 is 2.10 bits per heavy atom. The summed E-state index contributed by atoms with van der Waals surface area (Å²) < 4.78 is 48.4. The average Bonchev–Trinajstić information content (AvgIpc) is 3.33. The molecule has 2 heterocycles. The minimum absolute atomic E-state index is 0.0694. The molecule has 1 aromatic heterocycles. The molecule has 0 saturated carbocycles. The van der Waals surface area contributed by atoms with Gasteiger partial charge in [0, 0.05) is 38.4 Å². The van der Waals surface area contributed by atoms with Gasteiger partial charge in [-0.25, -0.2) is 9.67 Å². The summed E-state index contributed by atoms with van der Waals surface area (Å²) in [5, 5.41) is 7.47. The standard InChI is InChI=1S/C22H30F3N5O/c1-5-26-21(29(4)13-17-8-9-31-14-17)27-12-18-6-7-19(11-20(18)22(23,24)25)30-16(3)10-15(2)28-30/h6-7,10-11,17H,5,8-9,12-14H2,1-4H3,(H,26,27). The van der Waals surface area contributed by atoms with Crippen molar-refractivity contribution < 1.29 is 17.9 Å². The SMILES string of the molecule is CCNC(=NCc1ccc(-n2nc(C)cc2C)cc1C(F)(F)F)N(C)CC1CCOC1. The van der Waals surface area contributed by atoms with Gasteiger partial charge in [0.05, 0.1) is 30.1 Å². The number of guanidine groups is 1. The van der Waals surface area contributed by atoms with Crippen molar-refractivity contribution in [3.05, 3.63) is 46.8 Å². The van der Waals surface area contributed by atoms with E-state index in [4.69, 9.17) is 4.74 Å². The quantitative estimate of drug-likeness (QED) is 0.549. The molecule has 1 fully saturated rings. The molecule has 1 aliphatic rings. The topological polar surface area (TPSA) is 54.7 Å². The van der Waals surface area contributed by atoms with Crippen LogP contribution in [-0.4, -0.2) is 54.0 Å². The van der Waals surface area contributed by atoms with Crippen LogP contribution in [0.3, 0.4) is 0 Å². The first-order chi connectivity index (χ1) is 14.7. The van der Waals surface area contributed by atoms with E-state index in [0.717, 1.165) is 37.0 Å². The van der Waals surface area contributed by atoms with E-state index in [1.165, 1.54) is 10.7 Å². The van der Waals surface area contributed by atoms with Gasteiger partial charge in [0.1, 0.15) is 0 Å². The third kappa shape index (κ3) is 5.78. The first-order valence-electron chi connectivity index (χ1n) is 10.5. The molecule has 1 saturated heterocycles. The summed E-state index contributed by atoms with van der Waals surface area (Å²) in [6.07, 6.45) is -3.50. The van der Waals surface area contributed by atoms with Gasteiger partial charge in [-0.1, -0.05) is 6.07 Å². The molecule has 6 nitrogen and oxygen atoms in total. The van der Waals surface area contributed by atoms with Gasteiger partial charge in [0.15, 0.2) is 5.96 Å². The van der Waals surface area contributed by atoms with Gasteiger partial charge in [-0.05, 0) is 51.0 Å². The summed E-state index contributed by atoms with van der Waals surface area (Å²) in [4.78, 5) is 6.45. The molecule has 0 spiro atoms. The third-order valence-electron chi connectivity index (χ3n) is 5.30. The van der Waals surface area contributed by atoms with Crippen molar-refractivity contribution in [2.45, 2.75) is 39.9 Å². The zero-order chi connectivity index (χ0) is 22.6. The fourth-order valence-electron chi connectivity index (χ4n) is 3.82. The number of aryl methyl sites for hydroxylation is 2. The number of nitrogens with one attached hydrogen (secondary N) is 1. The fourth-order valence-corrected chi connectivity index (χ4v) is 3.82. The molecular weight excluding hydrogens is 407 g/mol. The molecule has 2 aromatic rings. The Morgan fingerprint density at radius 3 is 2.68 bits per heavy atom. The number of halogens is 3. The summed E-state index contributed by atoms with van der Waals surface area (Å²) in [5.41, 5.74) is 1.36. The van der Waals surface area contributed by atoms with E-state index in [2.05, 4.69) is 15.4 Å². The van der Waals surface area contributed by atoms with Crippen LogP contribution >= 0.6 is 0 Å². The summed E-state index contributed by atoms with van der Waals surface area (Å²) in [6.45, 7) is 8.33. The smallest absolute Gasteiger partial charge is 0.381 e. The number of hydrogen-bond acceptors (Lipinski definition) is 3. The molecule has 1 atom stereocenters. The second-order valence-electron chi connectivity index (χ2n) is 7.96. The Balaban J connectivity index is 1.86. The Labute approximate surface area is 181 Å². The van der Waals surface area contributed by atoms with Crippen molar-refractivity contribution in [2.75, 3.05) is 33.4 Å². The maximum atomic E-state index is 13.8. The number of rotatable bonds is 6. The molecule has 0 amide bonds. The molecule has 0 radical (unpaired) electrons. The lowest BCUT2D eigenvalue weighted by atomic mass is 10.1. The molecule has 3 rings (SSSR count). The van der Waals surface area contributed by atoms with Crippen LogP contribution in [0.5, 0.6) is 0 Å². The van der Waals surface area contributed by atoms with Crippen molar-refractivity contribution in [3.8, 4) is 5.69 Å². The lowest BCUT2D eigenvalue weighted by Crippen LogP contribution is -2.41. The fraction of sp³-hybridized carbons (Fsp3) is 0.545. The van der Waals surface area contributed by atoms with Crippen molar-refractivity contribution in [2.24, 2.45) is 10.9 Å². The molecular formula is C22H30F3N5O. The summed E-state index contributed by atoms with van der Waals surface area (Å²) >= 11 is 0. The molecule has 9 heteroatoms. The average molecular weight is 438 g/mol. The maximum Gasteiger partial charge on any atom is 0.416 e. The maximum absolute atomic E-state index is 13.8. The van der Waals surface area contributed by atoms with E-state index in [1.807, 2.05) is 38.8 Å². The van der Waals surface area contributed by atoms with Crippen LogP contribution in [-0.2, 0) is 17.5 Å². The molecule has 0 bridgehead atoms. The second kappa shape index (κ2) is 9.72. The minimum atomic E-state index is -4.48. The van der Waals surface area contributed by atoms with Gasteiger partial charge < -0.3 is 15.0 Å². The van der Waals surface area contributed by atoms with Gasteiger partial charge in [-0.15, -0.1) is 0 Å². The first-order valence-corrected chi connectivity index (χ1v) is 10.5. The highest BCUT2D eigenvalue weighted by atomic mass is 19.4. The van der Waals surface area contributed by atoms with Crippen LogP contribution < -0.4 is 5.32 Å². The van der Waals surface area contributed by atoms with Crippen LogP contribution in [0, 0.1) is 19.8 Å². The van der Waals surface area contributed by atoms with Crippen molar-refractivity contribution in [1.82, 2.24) is 20.0 Å². The molecule has 1 aromatic carbocycles. The van der Waals surface area contributed by atoms with Crippen molar-refractivity contribution in [3.63, 3.8) is 0 Å². The van der Waals surface area contributed by atoms with E-state index in [-0.39, 0.29) is 12.1 Å². The van der Waals surface area contributed by atoms with E-state index in [0.29, 0.717) is 30.7 Å². The number of aromatic nitrogens is 2. The van der Waals surface area contributed by atoms with Crippen LogP contribution in [0.25, 0.3) is 5.69 Å². The summed E-state index contributed by atoms with van der Waals surface area (Å²) in [5.74, 6) is 0.991. The Hall–Kier alpha value is -2.55. The van der Waals surface area contributed by atoms with E-state index >= 15 is 0 Å². The normalized spacial score (nSPS) is 17.3. The second-order valence-corrected chi connectivity index (χ2v) is 7.96. The number of benzene rings is 1. The highest BCUT2D eigenvalue weighted by Crippen LogP contribution is 2.34. The van der Waals surface area contributed by atoms with Crippen LogP contribution in [0.2, 0.25) is 0 Å². The van der Waals surface area contributed by atoms with E-state index in [9.17, 15) is 13.2 Å². The van der Waals surface area contributed by atoms with Gasteiger partial charge in [0.2, 0.25) is 0 Å². The molecule has 1 aliphatic heterocycles. The number of alkyl halides is 3. The van der Waals surface area contributed by atoms with Gasteiger partial charge in [0.25, 0.3) is 0 Å². The number of hydrogen-bond donors (Lipinski definition) is 1. The predicted octanol–water partition coefficient (Wildman–Crippen LogP) is 3.94. The molecule has 1 unspecified atom stereocenters. The van der Waals surface area contributed by atoms with Gasteiger partial charge in [-0.3, -0.25) is 0 Å². The predicted molar refractivity (Wildman–Crippen MR) is 114 cm³/mol. The van der Waals surface area contributed by atoms with Crippen LogP contribution in [0.15, 0.2) is 29.3 Å². The summed E-state index contributed by atoms with van der Waals surface area (Å²) in [7, 11) is 1.90. The largest absolute Gasteiger partial charge is 0.416 e. The molecule has 31 heavy (non-hydrogen) atoms. The van der Waals surface area contributed by atoms with E-state index < -0.39 is 11.7 Å². The lowest BCUT2D eigenvalue weighted by Gasteiger charge is -2.24. The van der Waals surface area contributed by atoms with E-state index in [1.54, 1.807) is 6.07 Å². The zero-order valence-electron chi connectivity index (χ0n) is 18.5. The van der Waals surface area contributed by atoms with Gasteiger partial charge in [-0.2, -0.15) is 18.3 Å². The molecule has 170 valence electrons. The Kier molecular flexibility index (Phi) is 7.25. The number of aliphatic imine (C=N–C) groups is 1. The first kappa shape index (κ1) is 23.1. The molecule has 1 N–H and O–H groups in total. The minimum Gasteiger partial charge on any atom is -0.381 e. The third-order valence-corrected chi connectivity index (χ3v) is 5.30. The highest BCUT2D eigenvalue weighted by Gasteiger charge is 2.34. The van der Waals surface area contributed by atoms with Crippen molar-refractivity contribution >= 4 is 5.96 Å². The zero-order valence-corrected chi connectivity index (χ0v) is 18.5. The van der Waals surface area contributed by atoms with Crippen LogP contribution in [0.1, 0.15) is 35.9 Å². The van der Waals surface area contributed by atoms with Crippen molar-refractivity contribution in [1.29, 1.82) is 0 Å². The Bertz CT molecular complexity index is 916. The Morgan fingerprint density at radius 1 is 1.32 bits per heavy atom. The molecule has 0 aliphatic carbocycles.